The molecule has 0 saturated carbocycles. The number of hydrogen-bond donors (Lipinski definition) is 0. The van der Waals surface area contributed by atoms with E-state index in [-0.39, 0.29) is 29.5 Å². The van der Waals surface area contributed by atoms with Gasteiger partial charge in [-0.1, -0.05) is 40.4 Å². The van der Waals surface area contributed by atoms with Gasteiger partial charge in [-0.15, -0.1) is 0 Å². The van der Waals surface area contributed by atoms with E-state index < -0.39 is 16.4 Å². The van der Waals surface area contributed by atoms with Crippen LogP contribution < -0.4 is 4.74 Å². The molecule has 0 amide bonds. The smallest absolute Gasteiger partial charge is 0.301 e. The lowest BCUT2D eigenvalue weighted by molar-refractivity contribution is 0.00687. The van der Waals surface area contributed by atoms with Crippen LogP contribution in [0.15, 0.2) is 6.07 Å². The first-order valence-electron chi connectivity index (χ1n) is 13.2. The summed E-state index contributed by atoms with van der Waals surface area (Å²) in [6, 6.07) is 3.67. The van der Waals surface area contributed by atoms with E-state index in [1.807, 2.05) is 11.5 Å². The maximum atomic E-state index is 6.65. The number of aryl methyl sites for hydroxylation is 2. The summed E-state index contributed by atoms with van der Waals surface area (Å²) in [5, 5.41) is 0.128. The molecule has 202 valence electrons. The van der Waals surface area contributed by atoms with E-state index in [1.54, 1.807) is 0 Å². The third-order valence-corrected chi connectivity index (χ3v) is 14.0. The highest BCUT2D eigenvalue weighted by Crippen LogP contribution is 2.40. The molecule has 10 heteroatoms. The first-order chi connectivity index (χ1) is 16.7. The van der Waals surface area contributed by atoms with Crippen LogP contribution >= 0.6 is 0 Å². The first kappa shape index (κ1) is 27.7. The molecule has 0 aliphatic carbocycles. The van der Waals surface area contributed by atoms with E-state index in [1.165, 1.54) is 0 Å². The quantitative estimate of drug-likeness (QED) is 0.319. The number of fused-ring (bicyclic) bond motifs is 2. The van der Waals surface area contributed by atoms with E-state index in [9.17, 15) is 0 Å². The normalized spacial score (nSPS) is 25.1. The van der Waals surface area contributed by atoms with Crippen LogP contribution in [-0.4, -0.2) is 75.2 Å². The Morgan fingerprint density at radius 2 is 1.64 bits per heavy atom. The molecule has 2 aromatic heterocycles. The number of pyridine rings is 1. The molecule has 2 aromatic rings. The molecule has 4 heterocycles. The Morgan fingerprint density at radius 1 is 1.00 bits per heavy atom. The van der Waals surface area contributed by atoms with Crippen molar-refractivity contribution in [2.75, 3.05) is 19.8 Å². The predicted octanol–water partition coefficient (Wildman–Crippen LogP) is 5.30. The highest BCUT2D eigenvalue weighted by Gasteiger charge is 2.52. The molecule has 4 rings (SSSR count). The summed E-state index contributed by atoms with van der Waals surface area (Å²) < 4.78 is 33.5. The fraction of sp³-hybridized carbons (Fsp3) is 0.769. The molecule has 2 saturated heterocycles. The van der Waals surface area contributed by atoms with Crippen molar-refractivity contribution in [3.63, 3.8) is 0 Å². The Kier molecular flexibility index (Phi) is 7.78. The Labute approximate surface area is 218 Å². The van der Waals surface area contributed by atoms with Gasteiger partial charge < -0.3 is 23.4 Å². The molecule has 0 spiro atoms. The summed E-state index contributed by atoms with van der Waals surface area (Å²) in [4.78, 5) is 9.61. The van der Waals surface area contributed by atoms with Gasteiger partial charge in [0.05, 0.1) is 19.3 Å². The van der Waals surface area contributed by atoms with Gasteiger partial charge in [-0.2, -0.15) is 4.98 Å². The monoisotopic (exact) mass is 535 g/mol. The Bertz CT molecular complexity index is 1080. The van der Waals surface area contributed by atoms with Gasteiger partial charge in [0.2, 0.25) is 0 Å². The van der Waals surface area contributed by atoms with Crippen LogP contribution in [-0.2, 0) is 25.4 Å². The molecule has 0 bridgehead atoms. The topological polar surface area (TPSA) is 76.9 Å². The molecule has 4 atom stereocenters. The average molecular weight is 536 g/mol. The van der Waals surface area contributed by atoms with Gasteiger partial charge in [-0.05, 0) is 49.7 Å². The fourth-order valence-electron chi connectivity index (χ4n) is 4.28. The zero-order valence-corrected chi connectivity index (χ0v) is 25.8. The van der Waals surface area contributed by atoms with Gasteiger partial charge in [-0.3, -0.25) is 4.57 Å². The molecule has 2 aliphatic heterocycles. The molecular weight excluding hydrogens is 490 g/mol. The van der Waals surface area contributed by atoms with E-state index >= 15 is 0 Å². The lowest BCUT2D eigenvalue weighted by Crippen LogP contribution is -2.47. The predicted molar refractivity (Wildman–Crippen MR) is 147 cm³/mol. The highest BCUT2D eigenvalue weighted by molar-refractivity contribution is 6.76. The third kappa shape index (κ3) is 5.89. The van der Waals surface area contributed by atoms with Crippen LogP contribution in [0.3, 0.4) is 0 Å². The minimum Gasteiger partial charge on any atom is -0.456 e. The van der Waals surface area contributed by atoms with Gasteiger partial charge >= 0.3 is 6.01 Å². The lowest BCUT2D eigenvalue weighted by atomic mass is 10.1. The number of ether oxygens (including phenoxy) is 4. The molecular formula is C26H45N3O5Si2. The number of rotatable bonds is 9. The Hall–Kier alpha value is -1.31. The average Bonchev–Trinajstić information content (AvgIpc) is 3.40. The summed E-state index contributed by atoms with van der Waals surface area (Å²) in [7, 11) is -3.12. The molecule has 0 N–H and O–H groups in total. The third-order valence-electron chi connectivity index (χ3n) is 7.82. The number of imidazole rings is 1. The van der Waals surface area contributed by atoms with Crippen molar-refractivity contribution in [2.45, 2.75) is 110 Å². The van der Waals surface area contributed by atoms with E-state index in [2.05, 4.69) is 66.5 Å². The number of aromatic nitrogens is 3. The van der Waals surface area contributed by atoms with Crippen molar-refractivity contribution in [3.8, 4) is 6.01 Å². The highest BCUT2D eigenvalue weighted by atomic mass is 28.4. The fourth-order valence-corrected chi connectivity index (χ4v) is 6.34. The summed E-state index contributed by atoms with van der Waals surface area (Å²) >= 11 is 0. The summed E-state index contributed by atoms with van der Waals surface area (Å²) in [6.45, 7) is 24.5. The zero-order chi connectivity index (χ0) is 26.5. The molecule has 0 aromatic carbocycles. The van der Waals surface area contributed by atoms with Crippen LogP contribution in [0.25, 0.3) is 11.2 Å². The Morgan fingerprint density at radius 3 is 2.28 bits per heavy atom. The molecule has 4 unspecified atom stereocenters. The second-order valence-corrected chi connectivity index (χ2v) is 23.5. The lowest BCUT2D eigenvalue weighted by Gasteiger charge is -2.39. The molecule has 36 heavy (non-hydrogen) atoms. The van der Waals surface area contributed by atoms with Gasteiger partial charge in [0.25, 0.3) is 0 Å². The molecule has 2 fully saturated rings. The maximum Gasteiger partial charge on any atom is 0.301 e. The van der Waals surface area contributed by atoms with Crippen molar-refractivity contribution in [1.82, 2.24) is 14.5 Å². The first-order valence-corrected chi connectivity index (χ1v) is 19.8. The zero-order valence-electron chi connectivity index (χ0n) is 23.8. The van der Waals surface area contributed by atoms with Gasteiger partial charge in [0.15, 0.2) is 20.1 Å². The van der Waals surface area contributed by atoms with Crippen LogP contribution in [0.4, 0.5) is 0 Å². The Balaban J connectivity index is 1.51. The van der Waals surface area contributed by atoms with Crippen LogP contribution in [0.2, 0.25) is 43.8 Å². The van der Waals surface area contributed by atoms with Crippen molar-refractivity contribution in [3.05, 3.63) is 17.3 Å². The minimum absolute atomic E-state index is 0.0693. The largest absolute Gasteiger partial charge is 0.456 e. The van der Waals surface area contributed by atoms with Gasteiger partial charge in [-0.25, -0.2) is 4.98 Å². The standard InChI is InChI=1S/C26H45N3O5Si2/c1-17-13-19-24(27-18(17)2)29(16-30-11-12-35(6,7)8)25(28-19)33-20-14-31-23-21(15-32-22(20)23)34-36(9,10)26(3,4)5/h13,20-23H,11-12,14-16H2,1-10H3. The summed E-state index contributed by atoms with van der Waals surface area (Å²) in [5.41, 5.74) is 3.67. The van der Waals surface area contributed by atoms with Crippen molar-refractivity contribution in [1.29, 1.82) is 0 Å². The minimum atomic E-state index is -1.94. The van der Waals surface area contributed by atoms with Crippen molar-refractivity contribution < 1.29 is 23.4 Å². The van der Waals surface area contributed by atoms with Gasteiger partial charge in [0.1, 0.15) is 24.5 Å². The second kappa shape index (κ2) is 10.1. The van der Waals surface area contributed by atoms with E-state index in [4.69, 9.17) is 33.3 Å². The van der Waals surface area contributed by atoms with Gasteiger partial charge in [0, 0.05) is 20.4 Å². The summed E-state index contributed by atoms with van der Waals surface area (Å²) in [5.74, 6) is 0. The van der Waals surface area contributed by atoms with E-state index in [0.29, 0.717) is 32.6 Å². The van der Waals surface area contributed by atoms with Crippen LogP contribution in [0, 0.1) is 13.8 Å². The van der Waals surface area contributed by atoms with Crippen molar-refractivity contribution in [2.24, 2.45) is 0 Å². The number of hydrogen-bond acceptors (Lipinski definition) is 7. The molecule has 2 aliphatic rings. The SMILES string of the molecule is Cc1cc2nc(OC3COC4C(O[Si](C)(C)C(C)(C)C)COC34)n(COCC[Si](C)(C)C)c2nc1C. The molecule has 0 radical (unpaired) electrons. The van der Waals surface area contributed by atoms with Crippen LogP contribution in [0.5, 0.6) is 6.01 Å². The molecule has 8 nitrogen and oxygen atoms in total. The second-order valence-electron chi connectivity index (χ2n) is 13.1. The maximum absolute atomic E-state index is 6.65. The summed E-state index contributed by atoms with van der Waals surface area (Å²) in [6.07, 6.45) is -0.641. The van der Waals surface area contributed by atoms with E-state index in [0.717, 1.165) is 28.5 Å². The number of nitrogens with zero attached hydrogens (tertiary/aromatic N) is 3. The van der Waals surface area contributed by atoms with Crippen molar-refractivity contribution >= 4 is 27.6 Å². The van der Waals surface area contributed by atoms with Crippen LogP contribution in [0.1, 0.15) is 32.0 Å².